The quantitative estimate of drug-likeness (QED) is 0.729. The number of carbonyl (C=O) groups excluding carboxylic acids is 1. The normalized spacial score (nSPS) is 20.7. The van der Waals surface area contributed by atoms with Gasteiger partial charge in [0.1, 0.15) is 5.65 Å². The number of aromatic nitrogens is 4. The zero-order chi connectivity index (χ0) is 18.3. The van der Waals surface area contributed by atoms with Crippen LogP contribution < -0.4 is 5.32 Å². The lowest BCUT2D eigenvalue weighted by atomic mass is 9.75. The standard InChI is InChI=1S/C19H23N5O2/c1-12-16(24-6-4-3-5-17(24)21-12)9-18(26)22-19(13-7-15(25)8-13)14-10-20-23(2)11-14/h3-6,10-11,13,15,19,25H,7-9H2,1-2H3,(H,22,26). The summed E-state index contributed by atoms with van der Waals surface area (Å²) in [5.41, 5.74) is 3.59. The SMILES string of the molecule is Cc1nc2ccccn2c1CC(=O)NC(c1cnn(C)c1)C1CC(O)C1. The molecule has 26 heavy (non-hydrogen) atoms. The van der Waals surface area contributed by atoms with Crippen LogP contribution in [0.25, 0.3) is 5.65 Å². The number of nitrogens with one attached hydrogen (secondary N) is 1. The van der Waals surface area contributed by atoms with Gasteiger partial charge < -0.3 is 14.8 Å². The minimum Gasteiger partial charge on any atom is -0.393 e. The predicted molar refractivity (Wildman–Crippen MR) is 96.5 cm³/mol. The van der Waals surface area contributed by atoms with Crippen LogP contribution in [0.1, 0.15) is 35.8 Å². The van der Waals surface area contributed by atoms with Crippen molar-refractivity contribution in [3.8, 4) is 0 Å². The van der Waals surface area contributed by atoms with E-state index in [9.17, 15) is 9.90 Å². The Morgan fingerprint density at radius 3 is 2.92 bits per heavy atom. The van der Waals surface area contributed by atoms with Crippen molar-refractivity contribution in [1.82, 2.24) is 24.5 Å². The maximum absolute atomic E-state index is 12.8. The van der Waals surface area contributed by atoms with Crippen molar-refractivity contribution in [2.75, 3.05) is 0 Å². The lowest BCUT2D eigenvalue weighted by Crippen LogP contribution is -2.41. The second kappa shape index (κ2) is 6.57. The Hall–Kier alpha value is -2.67. The van der Waals surface area contributed by atoms with Gasteiger partial charge >= 0.3 is 0 Å². The molecule has 7 heteroatoms. The summed E-state index contributed by atoms with van der Waals surface area (Å²) in [6.07, 6.45) is 7.05. The van der Waals surface area contributed by atoms with Crippen molar-refractivity contribution in [2.45, 2.75) is 38.3 Å². The summed E-state index contributed by atoms with van der Waals surface area (Å²) in [5.74, 6) is 0.190. The Morgan fingerprint density at radius 1 is 1.42 bits per heavy atom. The second-order valence-corrected chi connectivity index (χ2v) is 7.13. The van der Waals surface area contributed by atoms with E-state index in [4.69, 9.17) is 0 Å². The van der Waals surface area contributed by atoms with E-state index >= 15 is 0 Å². The second-order valence-electron chi connectivity index (χ2n) is 7.13. The van der Waals surface area contributed by atoms with Crippen molar-refractivity contribution in [2.24, 2.45) is 13.0 Å². The molecule has 1 amide bonds. The number of nitrogens with zero attached hydrogens (tertiary/aromatic N) is 4. The maximum atomic E-state index is 12.8. The summed E-state index contributed by atoms with van der Waals surface area (Å²) in [6.45, 7) is 1.93. The molecule has 0 aromatic carbocycles. The highest BCUT2D eigenvalue weighted by molar-refractivity contribution is 5.79. The minimum atomic E-state index is -0.267. The molecule has 4 rings (SSSR count). The van der Waals surface area contributed by atoms with Crippen LogP contribution in [-0.2, 0) is 18.3 Å². The fourth-order valence-electron chi connectivity index (χ4n) is 3.73. The molecular formula is C19H23N5O2. The highest BCUT2D eigenvalue weighted by Crippen LogP contribution is 2.38. The van der Waals surface area contributed by atoms with Crippen molar-refractivity contribution < 1.29 is 9.90 Å². The van der Waals surface area contributed by atoms with E-state index in [1.165, 1.54) is 0 Å². The van der Waals surface area contributed by atoms with Gasteiger partial charge in [-0.05, 0) is 37.8 Å². The molecule has 0 radical (unpaired) electrons. The average molecular weight is 353 g/mol. The third kappa shape index (κ3) is 3.10. The zero-order valence-corrected chi connectivity index (χ0v) is 15.0. The molecule has 3 aromatic rings. The number of fused-ring (bicyclic) bond motifs is 1. The first-order valence-electron chi connectivity index (χ1n) is 8.90. The number of rotatable bonds is 5. The van der Waals surface area contributed by atoms with E-state index in [0.717, 1.165) is 22.6 Å². The molecule has 1 fully saturated rings. The molecule has 0 spiro atoms. The molecule has 136 valence electrons. The summed E-state index contributed by atoms with van der Waals surface area (Å²) < 4.78 is 3.69. The molecule has 2 N–H and O–H groups in total. The van der Waals surface area contributed by atoms with Crippen LogP contribution in [0.4, 0.5) is 0 Å². The number of hydrogen-bond donors (Lipinski definition) is 2. The fraction of sp³-hybridized carbons (Fsp3) is 0.421. The first-order valence-corrected chi connectivity index (χ1v) is 8.90. The molecule has 1 saturated carbocycles. The summed E-state index contributed by atoms with van der Waals surface area (Å²) in [4.78, 5) is 17.3. The number of imidazole rings is 1. The molecular weight excluding hydrogens is 330 g/mol. The van der Waals surface area contributed by atoms with Gasteiger partial charge in [-0.25, -0.2) is 4.98 Å². The van der Waals surface area contributed by atoms with Crippen molar-refractivity contribution in [3.05, 3.63) is 53.7 Å². The van der Waals surface area contributed by atoms with E-state index in [1.807, 2.05) is 49.0 Å². The number of hydrogen-bond acceptors (Lipinski definition) is 4. The number of carbonyl (C=O) groups is 1. The largest absolute Gasteiger partial charge is 0.393 e. The first-order chi connectivity index (χ1) is 12.5. The third-order valence-electron chi connectivity index (χ3n) is 5.18. The highest BCUT2D eigenvalue weighted by Gasteiger charge is 2.36. The van der Waals surface area contributed by atoms with Gasteiger partial charge in [0, 0.05) is 25.0 Å². The summed E-state index contributed by atoms with van der Waals surface area (Å²) >= 11 is 0. The Labute approximate surface area is 151 Å². The topological polar surface area (TPSA) is 84.5 Å². The van der Waals surface area contributed by atoms with Gasteiger partial charge in [-0.15, -0.1) is 0 Å². The van der Waals surface area contributed by atoms with Gasteiger partial charge in [0.25, 0.3) is 0 Å². The van der Waals surface area contributed by atoms with E-state index in [2.05, 4.69) is 15.4 Å². The van der Waals surface area contributed by atoms with Crippen LogP contribution in [0.15, 0.2) is 36.8 Å². The number of aliphatic hydroxyl groups excluding tert-OH is 1. The van der Waals surface area contributed by atoms with Crippen LogP contribution in [0.5, 0.6) is 0 Å². The van der Waals surface area contributed by atoms with Gasteiger partial charge in [-0.3, -0.25) is 9.48 Å². The van der Waals surface area contributed by atoms with Gasteiger partial charge in [0.05, 0.1) is 36.2 Å². The Morgan fingerprint density at radius 2 is 2.23 bits per heavy atom. The molecule has 3 aromatic heterocycles. The molecule has 3 heterocycles. The third-order valence-corrected chi connectivity index (χ3v) is 5.18. The lowest BCUT2D eigenvalue weighted by Gasteiger charge is -2.37. The van der Waals surface area contributed by atoms with Gasteiger partial charge in [0.15, 0.2) is 0 Å². The van der Waals surface area contributed by atoms with Gasteiger partial charge in [-0.2, -0.15) is 5.10 Å². The summed E-state index contributed by atoms with van der Waals surface area (Å²) in [5, 5.41) is 17.0. The number of aliphatic hydroxyl groups is 1. The number of aryl methyl sites for hydroxylation is 2. The molecule has 0 bridgehead atoms. The Bertz CT molecular complexity index is 938. The smallest absolute Gasteiger partial charge is 0.226 e. The molecule has 1 unspecified atom stereocenters. The molecule has 1 atom stereocenters. The van der Waals surface area contributed by atoms with Crippen LogP contribution >= 0.6 is 0 Å². The first kappa shape index (κ1) is 16.8. The van der Waals surface area contributed by atoms with E-state index < -0.39 is 0 Å². The summed E-state index contributed by atoms with van der Waals surface area (Å²) in [6, 6.07) is 5.68. The maximum Gasteiger partial charge on any atom is 0.226 e. The van der Waals surface area contributed by atoms with Crippen molar-refractivity contribution >= 4 is 11.6 Å². The van der Waals surface area contributed by atoms with E-state index in [0.29, 0.717) is 12.8 Å². The molecule has 1 aliphatic carbocycles. The van der Waals surface area contributed by atoms with Crippen molar-refractivity contribution in [3.63, 3.8) is 0 Å². The fourth-order valence-corrected chi connectivity index (χ4v) is 3.73. The summed E-state index contributed by atoms with van der Waals surface area (Å²) in [7, 11) is 1.86. The Balaban J connectivity index is 1.53. The van der Waals surface area contributed by atoms with Crippen LogP contribution in [0.2, 0.25) is 0 Å². The zero-order valence-electron chi connectivity index (χ0n) is 15.0. The average Bonchev–Trinajstić information content (AvgIpc) is 3.14. The van der Waals surface area contributed by atoms with Gasteiger partial charge in [-0.1, -0.05) is 6.07 Å². The van der Waals surface area contributed by atoms with Crippen molar-refractivity contribution in [1.29, 1.82) is 0 Å². The van der Waals surface area contributed by atoms with Crippen LogP contribution in [-0.4, -0.2) is 36.3 Å². The molecule has 7 nitrogen and oxygen atoms in total. The minimum absolute atomic E-state index is 0.0472. The van der Waals surface area contributed by atoms with Crippen LogP contribution in [0, 0.1) is 12.8 Å². The number of amides is 1. The molecule has 1 aliphatic rings. The highest BCUT2D eigenvalue weighted by atomic mass is 16.3. The Kier molecular flexibility index (Phi) is 4.24. The van der Waals surface area contributed by atoms with Gasteiger partial charge in [0.2, 0.25) is 5.91 Å². The van der Waals surface area contributed by atoms with Crippen LogP contribution in [0.3, 0.4) is 0 Å². The predicted octanol–water partition coefficient (Wildman–Crippen LogP) is 1.55. The monoisotopic (exact) mass is 353 g/mol. The molecule has 0 saturated heterocycles. The molecule has 0 aliphatic heterocycles. The number of pyridine rings is 1. The lowest BCUT2D eigenvalue weighted by molar-refractivity contribution is -0.122. The van der Waals surface area contributed by atoms with E-state index in [1.54, 1.807) is 10.9 Å². The van der Waals surface area contributed by atoms with E-state index in [-0.39, 0.29) is 30.4 Å².